The number of rotatable bonds is 18. The predicted molar refractivity (Wildman–Crippen MR) is 113 cm³/mol. The molecule has 0 saturated carbocycles. The number of hydrogen-bond acceptors (Lipinski definition) is 9. The summed E-state index contributed by atoms with van der Waals surface area (Å²) in [6.07, 6.45) is -3.33. The standard InChI is InChI=1S/C17H32F6N2O9S2/c1-11(6-24-35(26,27)16(18,19)20)30-7-12(2)31-8-13(3)32-9-14(4)33-10-15(5)34-25-36(28,29)17(21,22)23/h11-15,24-25H,6-10H2,1-5H3. The van der Waals surface area contributed by atoms with Gasteiger partial charge in [-0.3, -0.25) is 4.84 Å². The molecular weight excluding hydrogens is 554 g/mol. The van der Waals surface area contributed by atoms with Crippen molar-refractivity contribution < 1.29 is 67.0 Å². The van der Waals surface area contributed by atoms with E-state index in [0.29, 0.717) is 0 Å². The highest BCUT2D eigenvalue weighted by Crippen LogP contribution is 2.22. The summed E-state index contributed by atoms with van der Waals surface area (Å²) >= 11 is 0. The summed E-state index contributed by atoms with van der Waals surface area (Å²) in [5, 5.41) is 0. The summed E-state index contributed by atoms with van der Waals surface area (Å²) in [5.74, 6) is 0. The number of ether oxygens (including phenoxy) is 4. The monoisotopic (exact) mass is 586 g/mol. The molecule has 0 radical (unpaired) electrons. The third-order valence-corrected chi connectivity index (χ3v) is 6.07. The number of nitrogens with one attached hydrogen (secondary N) is 2. The van der Waals surface area contributed by atoms with Crippen molar-refractivity contribution in [3.63, 3.8) is 0 Å². The Bertz CT molecular complexity index is 773. The first kappa shape index (κ1) is 35.2. The number of hydrogen-bond donors (Lipinski definition) is 2. The molecule has 0 saturated heterocycles. The molecule has 0 aromatic rings. The van der Waals surface area contributed by atoms with E-state index in [1.54, 1.807) is 20.8 Å². The van der Waals surface area contributed by atoms with Crippen molar-refractivity contribution >= 4 is 20.0 Å². The molecule has 0 aromatic carbocycles. The van der Waals surface area contributed by atoms with Gasteiger partial charge in [-0.1, -0.05) is 4.89 Å². The topological polar surface area (TPSA) is 138 Å². The summed E-state index contributed by atoms with van der Waals surface area (Å²) in [6.45, 7) is 6.89. The average molecular weight is 587 g/mol. The van der Waals surface area contributed by atoms with Gasteiger partial charge in [0, 0.05) is 6.54 Å². The second-order valence-corrected chi connectivity index (χ2v) is 11.2. The molecule has 0 spiro atoms. The minimum atomic E-state index is -5.63. The SMILES string of the molecule is CC(CNS(=O)(=O)C(F)(F)F)OCC(C)OCC(C)OCC(C)OCC(C)ONS(=O)(=O)C(F)(F)F. The highest BCUT2D eigenvalue weighted by Gasteiger charge is 2.47. The van der Waals surface area contributed by atoms with Crippen LogP contribution in [0.25, 0.3) is 0 Å². The molecule has 0 aliphatic heterocycles. The van der Waals surface area contributed by atoms with Gasteiger partial charge >= 0.3 is 31.1 Å². The Balaban J connectivity index is 4.10. The van der Waals surface area contributed by atoms with Gasteiger partial charge in [-0.2, -0.15) is 26.3 Å². The van der Waals surface area contributed by atoms with E-state index in [9.17, 15) is 43.2 Å². The van der Waals surface area contributed by atoms with Crippen LogP contribution in [0.2, 0.25) is 0 Å². The van der Waals surface area contributed by atoms with Crippen LogP contribution in [0, 0.1) is 0 Å². The van der Waals surface area contributed by atoms with Gasteiger partial charge in [0.2, 0.25) is 0 Å². The van der Waals surface area contributed by atoms with Crippen molar-refractivity contribution in [2.75, 3.05) is 33.0 Å². The second kappa shape index (κ2) is 15.0. The minimum absolute atomic E-state index is 0.0306. The molecule has 0 aromatic heterocycles. The summed E-state index contributed by atoms with van der Waals surface area (Å²) in [6, 6.07) is 0. The Morgan fingerprint density at radius 3 is 1.28 bits per heavy atom. The Labute approximate surface area is 206 Å². The first-order chi connectivity index (χ1) is 16.2. The zero-order chi connectivity index (χ0) is 28.4. The van der Waals surface area contributed by atoms with Gasteiger partial charge in [-0.05, 0) is 34.6 Å². The van der Waals surface area contributed by atoms with Gasteiger partial charge in [0.15, 0.2) is 0 Å². The molecule has 2 N–H and O–H groups in total. The molecule has 5 unspecified atom stereocenters. The van der Waals surface area contributed by atoms with Gasteiger partial charge in [-0.25, -0.2) is 21.6 Å². The molecule has 0 fully saturated rings. The van der Waals surface area contributed by atoms with E-state index < -0.39 is 68.1 Å². The van der Waals surface area contributed by atoms with Crippen LogP contribution >= 0.6 is 0 Å². The minimum Gasteiger partial charge on any atom is -0.374 e. The van der Waals surface area contributed by atoms with E-state index in [1.807, 2.05) is 0 Å². The van der Waals surface area contributed by atoms with Crippen molar-refractivity contribution in [3.05, 3.63) is 0 Å². The number of halogens is 6. The van der Waals surface area contributed by atoms with E-state index in [2.05, 4.69) is 4.84 Å². The molecule has 0 aliphatic rings. The Morgan fingerprint density at radius 2 is 0.917 bits per heavy atom. The van der Waals surface area contributed by atoms with Gasteiger partial charge in [0.05, 0.1) is 50.8 Å². The van der Waals surface area contributed by atoms with Crippen LogP contribution in [-0.2, 0) is 43.8 Å². The van der Waals surface area contributed by atoms with Gasteiger partial charge in [0.1, 0.15) is 6.10 Å². The van der Waals surface area contributed by atoms with Crippen LogP contribution in [0.5, 0.6) is 0 Å². The molecule has 0 rings (SSSR count). The fourth-order valence-corrected chi connectivity index (χ4v) is 2.94. The first-order valence-electron chi connectivity index (χ1n) is 10.4. The molecule has 218 valence electrons. The van der Waals surface area contributed by atoms with Crippen molar-refractivity contribution in [2.45, 2.75) is 76.2 Å². The fraction of sp³-hybridized carbons (Fsp3) is 1.00. The zero-order valence-corrected chi connectivity index (χ0v) is 21.8. The smallest absolute Gasteiger partial charge is 0.374 e. The molecular formula is C17H32F6N2O9S2. The fourth-order valence-electron chi connectivity index (χ4n) is 1.94. The molecule has 0 bridgehead atoms. The largest absolute Gasteiger partial charge is 0.513 e. The second-order valence-electron chi connectivity index (χ2n) is 7.83. The highest BCUT2D eigenvalue weighted by atomic mass is 32.2. The molecule has 11 nitrogen and oxygen atoms in total. The van der Waals surface area contributed by atoms with E-state index in [1.165, 1.54) is 18.6 Å². The van der Waals surface area contributed by atoms with Crippen molar-refractivity contribution in [1.29, 1.82) is 0 Å². The summed E-state index contributed by atoms with van der Waals surface area (Å²) < 4.78 is 140. The molecule has 0 heterocycles. The summed E-state index contributed by atoms with van der Waals surface area (Å²) in [7, 11) is -11.1. The van der Waals surface area contributed by atoms with Crippen molar-refractivity contribution in [3.8, 4) is 0 Å². The van der Waals surface area contributed by atoms with Crippen LogP contribution in [-0.4, -0.2) is 91.3 Å². The van der Waals surface area contributed by atoms with Crippen molar-refractivity contribution in [2.24, 2.45) is 0 Å². The molecule has 19 heteroatoms. The van der Waals surface area contributed by atoms with Gasteiger partial charge in [0.25, 0.3) is 0 Å². The molecule has 0 amide bonds. The van der Waals surface area contributed by atoms with E-state index in [0.717, 1.165) is 4.89 Å². The molecule has 36 heavy (non-hydrogen) atoms. The quantitative estimate of drug-likeness (QED) is 0.182. The van der Waals surface area contributed by atoms with Crippen molar-refractivity contribution in [1.82, 2.24) is 9.61 Å². The van der Waals surface area contributed by atoms with E-state index >= 15 is 0 Å². The lowest BCUT2D eigenvalue weighted by Crippen LogP contribution is -2.40. The lowest BCUT2D eigenvalue weighted by molar-refractivity contribution is -0.101. The number of sulfonamides is 2. The average Bonchev–Trinajstić information content (AvgIpc) is 2.74. The Kier molecular flexibility index (Phi) is 14.6. The maximum atomic E-state index is 12.3. The summed E-state index contributed by atoms with van der Waals surface area (Å²) in [5.41, 5.74) is -10.9. The third-order valence-electron chi connectivity index (χ3n) is 3.99. The van der Waals surface area contributed by atoms with Crippen LogP contribution in [0.15, 0.2) is 0 Å². The summed E-state index contributed by atoms with van der Waals surface area (Å²) in [4.78, 5) is 5.39. The third kappa shape index (κ3) is 14.2. The van der Waals surface area contributed by atoms with Crippen LogP contribution < -0.4 is 9.61 Å². The normalized spacial score (nSPS) is 18.0. The maximum Gasteiger partial charge on any atom is 0.513 e. The van der Waals surface area contributed by atoms with Crippen LogP contribution in [0.1, 0.15) is 34.6 Å². The van der Waals surface area contributed by atoms with Crippen LogP contribution in [0.3, 0.4) is 0 Å². The van der Waals surface area contributed by atoms with Gasteiger partial charge < -0.3 is 18.9 Å². The van der Waals surface area contributed by atoms with Gasteiger partial charge in [-0.15, -0.1) is 0 Å². The zero-order valence-electron chi connectivity index (χ0n) is 20.2. The predicted octanol–water partition coefficient (Wildman–Crippen LogP) is 1.81. The maximum absolute atomic E-state index is 12.3. The lowest BCUT2D eigenvalue weighted by atomic mass is 10.3. The number of alkyl halides is 6. The Morgan fingerprint density at radius 1 is 0.583 bits per heavy atom. The first-order valence-corrected chi connectivity index (χ1v) is 13.4. The Hall–Kier alpha value is -0.800. The lowest BCUT2D eigenvalue weighted by Gasteiger charge is -2.22. The van der Waals surface area contributed by atoms with E-state index in [4.69, 9.17) is 18.9 Å². The highest BCUT2D eigenvalue weighted by molar-refractivity contribution is 7.90. The van der Waals surface area contributed by atoms with Crippen LogP contribution in [0.4, 0.5) is 26.3 Å². The van der Waals surface area contributed by atoms with E-state index in [-0.39, 0.29) is 26.4 Å². The molecule has 5 atom stereocenters. The molecule has 0 aliphatic carbocycles.